The monoisotopic (exact) mass is 217 g/mol. The molecule has 2 aromatic heterocycles. The number of hydrogen-bond acceptors (Lipinski definition) is 3. The molecule has 82 valence electrons. The van der Waals surface area contributed by atoms with Gasteiger partial charge in [0, 0.05) is 12.1 Å². The Morgan fingerprint density at radius 3 is 3.00 bits per heavy atom. The van der Waals surface area contributed by atoms with Crippen LogP contribution in [0.3, 0.4) is 0 Å². The molecule has 1 fully saturated rings. The minimum Gasteiger partial charge on any atom is -0.481 e. The van der Waals surface area contributed by atoms with E-state index in [9.17, 15) is 4.79 Å². The Kier molecular flexibility index (Phi) is 1.92. The Morgan fingerprint density at radius 1 is 1.50 bits per heavy atom. The number of nitrogens with zero attached hydrogens (tertiary/aromatic N) is 3. The van der Waals surface area contributed by atoms with Crippen LogP contribution in [0.5, 0.6) is 0 Å². The van der Waals surface area contributed by atoms with Crippen molar-refractivity contribution in [2.75, 3.05) is 0 Å². The zero-order chi connectivity index (χ0) is 11.1. The molecule has 0 saturated heterocycles. The minimum atomic E-state index is -0.828. The highest BCUT2D eigenvalue weighted by Gasteiger charge is 2.28. The Morgan fingerprint density at radius 2 is 2.31 bits per heavy atom. The SMILES string of the molecule is O=C(O)Cc1ccn2c(C3CC3)nnc2c1. The quantitative estimate of drug-likeness (QED) is 0.839. The predicted octanol–water partition coefficient (Wildman–Crippen LogP) is 1.23. The smallest absolute Gasteiger partial charge is 0.307 e. The van der Waals surface area contributed by atoms with Crippen molar-refractivity contribution in [1.29, 1.82) is 0 Å². The van der Waals surface area contributed by atoms with Crippen molar-refractivity contribution in [1.82, 2.24) is 14.6 Å². The van der Waals surface area contributed by atoms with Gasteiger partial charge in [-0.2, -0.15) is 0 Å². The molecule has 0 radical (unpaired) electrons. The van der Waals surface area contributed by atoms with Crippen molar-refractivity contribution in [3.63, 3.8) is 0 Å². The predicted molar refractivity (Wildman–Crippen MR) is 56.3 cm³/mol. The summed E-state index contributed by atoms with van der Waals surface area (Å²) in [6.07, 6.45) is 4.25. The Hall–Kier alpha value is -1.91. The number of carboxylic acids is 1. The van der Waals surface area contributed by atoms with Crippen molar-refractivity contribution in [3.8, 4) is 0 Å². The highest BCUT2D eigenvalue weighted by atomic mass is 16.4. The van der Waals surface area contributed by atoms with E-state index in [1.165, 1.54) is 12.8 Å². The molecule has 1 aliphatic carbocycles. The van der Waals surface area contributed by atoms with Gasteiger partial charge in [0.05, 0.1) is 6.42 Å². The summed E-state index contributed by atoms with van der Waals surface area (Å²) in [6, 6.07) is 3.60. The number of hydrogen-bond donors (Lipinski definition) is 1. The van der Waals surface area contributed by atoms with Gasteiger partial charge in [0.25, 0.3) is 0 Å². The number of carboxylic acid groups (broad SMARTS) is 1. The van der Waals surface area contributed by atoms with Crippen LogP contribution in [0.2, 0.25) is 0 Å². The van der Waals surface area contributed by atoms with E-state index in [2.05, 4.69) is 10.2 Å². The van der Waals surface area contributed by atoms with Gasteiger partial charge in [-0.25, -0.2) is 0 Å². The molecule has 3 rings (SSSR count). The minimum absolute atomic E-state index is 0.0299. The summed E-state index contributed by atoms with van der Waals surface area (Å²) >= 11 is 0. The van der Waals surface area contributed by atoms with Gasteiger partial charge in [0.2, 0.25) is 0 Å². The molecule has 2 heterocycles. The number of aliphatic carboxylic acids is 1. The molecule has 1 N–H and O–H groups in total. The van der Waals surface area contributed by atoms with E-state index in [-0.39, 0.29) is 6.42 Å². The molecule has 2 aromatic rings. The van der Waals surface area contributed by atoms with Crippen LogP contribution in [0, 0.1) is 0 Å². The molecule has 5 heteroatoms. The number of aromatic nitrogens is 3. The van der Waals surface area contributed by atoms with E-state index in [0.717, 1.165) is 17.0 Å². The molecule has 1 saturated carbocycles. The first-order chi connectivity index (χ1) is 7.74. The Balaban J connectivity index is 2.02. The lowest BCUT2D eigenvalue weighted by molar-refractivity contribution is -0.136. The summed E-state index contributed by atoms with van der Waals surface area (Å²) in [5.74, 6) is 0.712. The molecular weight excluding hydrogens is 206 g/mol. The average Bonchev–Trinajstić information content (AvgIpc) is 2.98. The topological polar surface area (TPSA) is 67.5 Å². The van der Waals surface area contributed by atoms with E-state index in [1.807, 2.05) is 16.7 Å². The standard InChI is InChI=1S/C11H11N3O2/c15-10(16)6-7-3-4-14-9(5-7)12-13-11(14)8-1-2-8/h3-5,8H,1-2,6H2,(H,15,16). The van der Waals surface area contributed by atoms with Gasteiger partial charge in [-0.1, -0.05) is 0 Å². The lowest BCUT2D eigenvalue weighted by Crippen LogP contribution is -2.01. The van der Waals surface area contributed by atoms with Gasteiger partial charge in [0.1, 0.15) is 5.82 Å². The summed E-state index contributed by atoms with van der Waals surface area (Å²) < 4.78 is 1.95. The Labute approximate surface area is 91.7 Å². The fraction of sp³-hybridized carbons (Fsp3) is 0.364. The number of fused-ring (bicyclic) bond motifs is 1. The first kappa shape index (κ1) is 9.33. The molecule has 0 aliphatic heterocycles. The lowest BCUT2D eigenvalue weighted by Gasteiger charge is -1.99. The molecular formula is C11H11N3O2. The molecule has 0 bridgehead atoms. The van der Waals surface area contributed by atoms with Crippen LogP contribution >= 0.6 is 0 Å². The van der Waals surface area contributed by atoms with Gasteiger partial charge in [-0.05, 0) is 30.5 Å². The van der Waals surface area contributed by atoms with Crippen LogP contribution in [0.4, 0.5) is 0 Å². The van der Waals surface area contributed by atoms with Crippen molar-refractivity contribution < 1.29 is 9.90 Å². The maximum absolute atomic E-state index is 10.6. The lowest BCUT2D eigenvalue weighted by atomic mass is 10.2. The fourth-order valence-corrected chi connectivity index (χ4v) is 1.86. The highest BCUT2D eigenvalue weighted by Crippen LogP contribution is 2.38. The number of pyridine rings is 1. The molecule has 0 unspecified atom stereocenters. The van der Waals surface area contributed by atoms with Gasteiger partial charge in [-0.15, -0.1) is 10.2 Å². The third kappa shape index (κ3) is 1.54. The molecule has 0 aromatic carbocycles. The van der Waals surface area contributed by atoms with E-state index < -0.39 is 5.97 Å². The summed E-state index contributed by atoms with van der Waals surface area (Å²) in [4.78, 5) is 10.6. The Bertz CT molecular complexity index is 557. The van der Waals surface area contributed by atoms with E-state index in [0.29, 0.717) is 5.92 Å². The molecule has 1 aliphatic rings. The van der Waals surface area contributed by atoms with Crippen LogP contribution in [0.15, 0.2) is 18.3 Å². The van der Waals surface area contributed by atoms with Crippen molar-refractivity contribution in [2.24, 2.45) is 0 Å². The molecule has 0 amide bonds. The summed E-state index contributed by atoms with van der Waals surface area (Å²) in [6.45, 7) is 0. The zero-order valence-corrected chi connectivity index (χ0v) is 8.63. The molecule has 5 nitrogen and oxygen atoms in total. The van der Waals surface area contributed by atoms with Crippen molar-refractivity contribution in [3.05, 3.63) is 29.7 Å². The van der Waals surface area contributed by atoms with E-state index in [1.54, 1.807) is 6.07 Å². The first-order valence-corrected chi connectivity index (χ1v) is 5.29. The fourth-order valence-electron chi connectivity index (χ4n) is 1.86. The van der Waals surface area contributed by atoms with Gasteiger partial charge < -0.3 is 5.11 Å². The van der Waals surface area contributed by atoms with Crippen molar-refractivity contribution >= 4 is 11.6 Å². The maximum Gasteiger partial charge on any atom is 0.307 e. The summed E-state index contributed by atoms with van der Waals surface area (Å²) in [7, 11) is 0. The summed E-state index contributed by atoms with van der Waals surface area (Å²) in [5.41, 5.74) is 1.50. The molecule has 0 atom stereocenters. The molecule has 16 heavy (non-hydrogen) atoms. The first-order valence-electron chi connectivity index (χ1n) is 5.29. The third-order valence-corrected chi connectivity index (χ3v) is 2.80. The zero-order valence-electron chi connectivity index (χ0n) is 8.63. The largest absolute Gasteiger partial charge is 0.481 e. The maximum atomic E-state index is 10.6. The van der Waals surface area contributed by atoms with Crippen LogP contribution in [0.1, 0.15) is 30.1 Å². The van der Waals surface area contributed by atoms with Gasteiger partial charge in [0.15, 0.2) is 5.65 Å². The van der Waals surface area contributed by atoms with Gasteiger partial charge >= 0.3 is 5.97 Å². The highest BCUT2D eigenvalue weighted by molar-refractivity contribution is 5.70. The second-order valence-electron chi connectivity index (χ2n) is 4.17. The number of carbonyl (C=O) groups is 1. The second kappa shape index (κ2) is 3.30. The second-order valence-corrected chi connectivity index (χ2v) is 4.17. The average molecular weight is 217 g/mol. The third-order valence-electron chi connectivity index (χ3n) is 2.80. The van der Waals surface area contributed by atoms with Crippen LogP contribution < -0.4 is 0 Å². The van der Waals surface area contributed by atoms with E-state index in [4.69, 9.17) is 5.11 Å². The van der Waals surface area contributed by atoms with Gasteiger partial charge in [-0.3, -0.25) is 9.20 Å². The van der Waals surface area contributed by atoms with Crippen LogP contribution in [-0.4, -0.2) is 25.7 Å². The van der Waals surface area contributed by atoms with Crippen molar-refractivity contribution in [2.45, 2.75) is 25.2 Å². The summed E-state index contributed by atoms with van der Waals surface area (Å²) in [5, 5.41) is 16.9. The molecule has 0 spiro atoms. The van der Waals surface area contributed by atoms with Crippen LogP contribution in [-0.2, 0) is 11.2 Å². The normalized spacial score (nSPS) is 15.5. The number of rotatable bonds is 3. The van der Waals surface area contributed by atoms with E-state index >= 15 is 0 Å². The van der Waals surface area contributed by atoms with Crippen LogP contribution in [0.25, 0.3) is 5.65 Å².